The Kier molecular flexibility index (Phi) is 18.0. The number of methoxy groups -OCH3 is 2. The summed E-state index contributed by atoms with van der Waals surface area (Å²) in [6.07, 6.45) is 6.21. The van der Waals surface area contributed by atoms with Crippen LogP contribution < -0.4 is 20.8 Å². The zero-order chi connectivity index (χ0) is 41.7. The fourth-order valence-electron chi connectivity index (χ4n) is 7.11. The van der Waals surface area contributed by atoms with Crippen LogP contribution >= 0.6 is 14.5 Å². The molecule has 0 bridgehead atoms. The maximum atomic E-state index is 13.5. The van der Waals surface area contributed by atoms with Gasteiger partial charge in [0.2, 0.25) is 0 Å². The Morgan fingerprint density at radius 2 is 0.733 bits per heavy atom. The molecule has 6 rings (SSSR count). The van der Waals surface area contributed by atoms with E-state index in [-0.39, 0.29) is 44.9 Å². The summed E-state index contributed by atoms with van der Waals surface area (Å²) in [6.45, 7) is 8.62. The summed E-state index contributed by atoms with van der Waals surface area (Å²) < 4.78 is 10.2. The van der Waals surface area contributed by atoms with Crippen molar-refractivity contribution in [3.05, 3.63) is 204 Å². The van der Waals surface area contributed by atoms with E-state index in [2.05, 4.69) is 60.9 Å². The highest BCUT2D eigenvalue weighted by atomic mass is 31.2. The molecule has 0 amide bonds. The Morgan fingerprint density at radius 3 is 1.00 bits per heavy atom. The Balaban J connectivity index is 0.000000310. The number of ether oxygens (including phenoxy) is 2. The highest BCUT2D eigenvalue weighted by molar-refractivity contribution is 7.82. The molecule has 0 spiro atoms. The first-order chi connectivity index (χ1) is 27.9. The summed E-state index contributed by atoms with van der Waals surface area (Å²) in [5.41, 5.74) is 2.25. The van der Waals surface area contributed by atoms with E-state index in [1.807, 2.05) is 97.1 Å². The lowest BCUT2D eigenvalue weighted by molar-refractivity contribution is -0.246. The second-order valence-corrected chi connectivity index (χ2v) is 22.5. The van der Waals surface area contributed by atoms with Crippen LogP contribution in [0, 0.1) is 0 Å². The van der Waals surface area contributed by atoms with Crippen molar-refractivity contribution in [1.82, 2.24) is 9.97 Å². The van der Waals surface area contributed by atoms with Crippen LogP contribution in [0.15, 0.2) is 182 Å². The van der Waals surface area contributed by atoms with E-state index in [0.29, 0.717) is 11.1 Å². The van der Waals surface area contributed by atoms with Gasteiger partial charge in [0, 0.05) is 24.8 Å². The smallest absolute Gasteiger partial charge is 0.337 e. The largest absolute Gasteiger partial charge is 0.872 e. The van der Waals surface area contributed by atoms with E-state index < -0.39 is 26.5 Å². The van der Waals surface area contributed by atoms with Crippen molar-refractivity contribution in [3.63, 3.8) is 0 Å². The van der Waals surface area contributed by atoms with Gasteiger partial charge in [0.05, 0.1) is 77.2 Å². The summed E-state index contributed by atoms with van der Waals surface area (Å²) in [7, 11) is -1.36. The van der Waals surface area contributed by atoms with Crippen LogP contribution in [0.1, 0.15) is 33.6 Å². The van der Waals surface area contributed by atoms with Crippen LogP contribution in [0.5, 0.6) is 0 Å². The zero-order valence-corrected chi connectivity index (χ0v) is 36.3. The summed E-state index contributed by atoms with van der Waals surface area (Å²) in [5, 5.41) is 29.3. The Bertz CT molecular complexity index is 2150. The van der Waals surface area contributed by atoms with Gasteiger partial charge in [-0.15, -0.1) is 0 Å². The van der Waals surface area contributed by atoms with Crippen LogP contribution in [0.4, 0.5) is 0 Å². The molecule has 0 unspecified atom stereocenters. The maximum absolute atomic E-state index is 13.5. The molecule has 2 aromatic heterocycles. The van der Waals surface area contributed by atoms with Crippen molar-refractivity contribution in [1.29, 1.82) is 0 Å². The van der Waals surface area contributed by atoms with Gasteiger partial charge in [-0.25, -0.2) is 9.59 Å². The second kappa shape index (κ2) is 22.4. The number of esters is 2. The molecule has 12 heteroatoms. The van der Waals surface area contributed by atoms with Gasteiger partial charge in [0.1, 0.15) is 11.3 Å². The van der Waals surface area contributed by atoms with Gasteiger partial charge in [-0.3, -0.25) is 9.97 Å². The van der Waals surface area contributed by atoms with Gasteiger partial charge in [0.25, 0.3) is 0 Å². The van der Waals surface area contributed by atoms with Gasteiger partial charge < -0.3 is 30.6 Å². The number of hydrogen-bond acceptors (Lipinski definition) is 8. The van der Waals surface area contributed by atoms with E-state index in [1.165, 1.54) is 14.2 Å². The highest BCUT2D eigenvalue weighted by Gasteiger charge is 2.46. The standard InChI is InChI=1S/2C24H24NO3P.2H2O/c2*1-28-24(27)21(22(26)18-14-16-25-17-15-18)23(19-10-6-4-7-11-19)29(2,3)20-12-8-5-9-13-20;;/h2*4-17,23H,1-3H3;2*1H2/t2*23-;;/m10../s1. The van der Waals surface area contributed by atoms with Gasteiger partial charge in [0.15, 0.2) is 0 Å². The van der Waals surface area contributed by atoms with E-state index in [0.717, 1.165) is 21.7 Å². The third kappa shape index (κ3) is 11.2. The number of nitrogens with zero attached hydrogens (tertiary/aromatic N) is 2. The minimum Gasteiger partial charge on any atom is -0.872 e. The molecule has 4 N–H and O–H groups in total. The lowest BCUT2D eigenvalue weighted by Crippen LogP contribution is -2.25. The third-order valence-corrected chi connectivity index (χ3v) is 17.0. The van der Waals surface area contributed by atoms with E-state index >= 15 is 0 Å². The number of carbonyl (C=O) groups is 2. The first-order valence-corrected chi connectivity index (χ1v) is 24.1. The van der Waals surface area contributed by atoms with Crippen molar-refractivity contribution in [3.8, 4) is 0 Å². The maximum Gasteiger partial charge on any atom is 0.337 e. The SMILES string of the molecule is COC(=O)/C(=C(/[O-])c1ccncc1)[C@@H](c1ccccc1)[P+](C)(C)c1ccccc1.COC(=O)/C(=C(/[O-])c1ccncc1)[C@H](c1ccccc1)[P+](C)(C)c1ccccc1.O.O. The van der Waals surface area contributed by atoms with Crippen molar-refractivity contribution < 1.29 is 40.2 Å². The van der Waals surface area contributed by atoms with E-state index in [4.69, 9.17) is 9.47 Å². The van der Waals surface area contributed by atoms with E-state index in [1.54, 1.807) is 49.1 Å². The minimum atomic E-state index is -2.00. The van der Waals surface area contributed by atoms with Crippen molar-refractivity contribution in [2.75, 3.05) is 40.9 Å². The molecule has 0 aliphatic rings. The van der Waals surface area contributed by atoms with Crippen LogP contribution in [0.25, 0.3) is 11.5 Å². The van der Waals surface area contributed by atoms with Crippen LogP contribution in [-0.4, -0.2) is 73.7 Å². The number of benzene rings is 4. The molecule has 312 valence electrons. The lowest BCUT2D eigenvalue weighted by Gasteiger charge is -2.32. The van der Waals surface area contributed by atoms with Gasteiger partial charge in [-0.1, -0.05) is 109 Å². The van der Waals surface area contributed by atoms with Gasteiger partial charge in [-0.2, -0.15) is 0 Å². The van der Waals surface area contributed by atoms with Crippen LogP contribution in [0.2, 0.25) is 0 Å². The molecule has 0 saturated heterocycles. The Labute approximate surface area is 353 Å². The Hall–Kier alpha value is -6.02. The number of rotatable bonds is 12. The topological polar surface area (TPSA) is 188 Å². The molecule has 0 fully saturated rings. The summed E-state index contributed by atoms with van der Waals surface area (Å²) in [6, 6.07) is 46.1. The number of aromatic nitrogens is 2. The fourth-order valence-corrected chi connectivity index (χ4v) is 13.2. The molecular weight excluding hydrogens is 794 g/mol. The first kappa shape index (κ1) is 48.3. The fraction of sp³-hybridized carbons (Fsp3) is 0.167. The zero-order valence-electron chi connectivity index (χ0n) is 34.6. The molecule has 0 radical (unpaired) electrons. The van der Waals surface area contributed by atoms with Gasteiger partial charge in [-0.05, 0) is 70.8 Å². The Morgan fingerprint density at radius 1 is 0.467 bits per heavy atom. The molecular formula is C48H52N2O8P2. The third-order valence-electron chi connectivity index (χ3n) is 10.1. The average Bonchev–Trinajstić information content (AvgIpc) is 3.28. The summed E-state index contributed by atoms with van der Waals surface area (Å²) >= 11 is 0. The molecule has 0 aliphatic carbocycles. The summed E-state index contributed by atoms with van der Waals surface area (Å²) in [5.74, 6) is -1.83. The average molecular weight is 847 g/mol. The predicted octanol–water partition coefficient (Wildman–Crippen LogP) is 5.69. The van der Waals surface area contributed by atoms with Crippen molar-refractivity contribution in [2.45, 2.75) is 11.3 Å². The molecule has 60 heavy (non-hydrogen) atoms. The second-order valence-electron chi connectivity index (χ2n) is 14.3. The highest BCUT2D eigenvalue weighted by Crippen LogP contribution is 2.67. The number of hydrogen-bond donors (Lipinski definition) is 0. The molecule has 4 aromatic carbocycles. The quantitative estimate of drug-likeness (QED) is 0.0650. The normalized spacial score (nSPS) is 12.9. The molecule has 0 aliphatic heterocycles. The first-order valence-electron chi connectivity index (χ1n) is 18.6. The van der Waals surface area contributed by atoms with Crippen LogP contribution in [0.3, 0.4) is 0 Å². The predicted molar refractivity (Wildman–Crippen MR) is 242 cm³/mol. The van der Waals surface area contributed by atoms with E-state index in [9.17, 15) is 19.8 Å². The minimum absolute atomic E-state index is 0. The molecule has 2 heterocycles. The van der Waals surface area contributed by atoms with Crippen molar-refractivity contribution in [2.24, 2.45) is 0 Å². The van der Waals surface area contributed by atoms with Crippen molar-refractivity contribution >= 4 is 48.6 Å². The lowest BCUT2D eigenvalue weighted by atomic mass is 10.0. The number of pyridine rings is 2. The summed E-state index contributed by atoms with van der Waals surface area (Å²) in [4.78, 5) is 33.8. The molecule has 0 saturated carbocycles. The van der Waals surface area contributed by atoms with Gasteiger partial charge >= 0.3 is 11.9 Å². The number of carbonyl (C=O) groups excluding carboxylic acids is 2. The van der Waals surface area contributed by atoms with Crippen LogP contribution in [-0.2, 0) is 19.1 Å². The molecule has 10 nitrogen and oxygen atoms in total. The molecule has 6 aromatic rings. The monoisotopic (exact) mass is 846 g/mol. The molecule has 2 atom stereocenters.